The van der Waals surface area contributed by atoms with Gasteiger partial charge in [-0.2, -0.15) is 0 Å². The molecule has 7 heteroatoms. The van der Waals surface area contributed by atoms with E-state index in [1.54, 1.807) is 19.0 Å². The maximum absolute atomic E-state index is 12.3. The van der Waals surface area contributed by atoms with E-state index in [1.807, 2.05) is 43.3 Å². The largest absolute Gasteiger partial charge is 0.361 e. The lowest BCUT2D eigenvalue weighted by molar-refractivity contribution is -0.129. The van der Waals surface area contributed by atoms with Crippen LogP contribution >= 0.6 is 0 Å². The first-order valence-corrected chi connectivity index (χ1v) is 7.66. The molecule has 0 fully saturated rings. The Labute approximate surface area is 141 Å². The molecule has 1 aromatic heterocycles. The van der Waals surface area contributed by atoms with E-state index < -0.39 is 6.04 Å². The van der Waals surface area contributed by atoms with E-state index in [4.69, 9.17) is 4.52 Å². The first-order valence-electron chi connectivity index (χ1n) is 7.66. The van der Waals surface area contributed by atoms with E-state index in [0.717, 1.165) is 17.0 Å². The average molecular weight is 330 g/mol. The fourth-order valence-corrected chi connectivity index (χ4v) is 2.37. The van der Waals surface area contributed by atoms with Crippen molar-refractivity contribution < 1.29 is 14.1 Å². The molecule has 24 heavy (non-hydrogen) atoms. The van der Waals surface area contributed by atoms with Crippen molar-refractivity contribution in [3.8, 4) is 0 Å². The van der Waals surface area contributed by atoms with Crippen molar-refractivity contribution in [1.82, 2.24) is 20.7 Å². The molecule has 0 aliphatic carbocycles. The highest BCUT2D eigenvalue weighted by molar-refractivity contribution is 5.89. The molecular weight excluding hydrogens is 308 g/mol. The van der Waals surface area contributed by atoms with Gasteiger partial charge in [-0.25, -0.2) is 0 Å². The van der Waals surface area contributed by atoms with Gasteiger partial charge in [-0.1, -0.05) is 35.5 Å². The third-order valence-corrected chi connectivity index (χ3v) is 3.47. The van der Waals surface area contributed by atoms with Crippen LogP contribution in [0.1, 0.15) is 23.1 Å². The van der Waals surface area contributed by atoms with Gasteiger partial charge in [0, 0.05) is 19.7 Å². The van der Waals surface area contributed by atoms with Gasteiger partial charge >= 0.3 is 0 Å². The van der Waals surface area contributed by atoms with Crippen LogP contribution in [0.2, 0.25) is 0 Å². The Balaban J connectivity index is 1.96. The first kappa shape index (κ1) is 17.7. The summed E-state index contributed by atoms with van der Waals surface area (Å²) in [4.78, 5) is 26.1. The number of rotatable bonds is 7. The maximum atomic E-state index is 12.3. The number of carbonyl (C=O) groups is 2. The molecule has 1 unspecified atom stereocenters. The monoisotopic (exact) mass is 330 g/mol. The summed E-state index contributed by atoms with van der Waals surface area (Å²) in [6.45, 7) is 2.45. The van der Waals surface area contributed by atoms with Crippen LogP contribution in [-0.2, 0) is 16.1 Å². The van der Waals surface area contributed by atoms with Gasteiger partial charge in [0.15, 0.2) is 0 Å². The van der Waals surface area contributed by atoms with Crippen LogP contribution in [0.5, 0.6) is 0 Å². The zero-order valence-electron chi connectivity index (χ0n) is 14.1. The van der Waals surface area contributed by atoms with E-state index >= 15 is 0 Å². The lowest BCUT2D eigenvalue weighted by Crippen LogP contribution is -2.42. The molecule has 0 aliphatic heterocycles. The second kappa shape index (κ2) is 8.26. The number of amides is 2. The van der Waals surface area contributed by atoms with Gasteiger partial charge in [0.1, 0.15) is 11.8 Å². The van der Waals surface area contributed by atoms with Crippen LogP contribution in [0.15, 0.2) is 40.9 Å². The molecule has 2 rings (SSSR count). The van der Waals surface area contributed by atoms with Crippen LogP contribution in [-0.4, -0.2) is 42.5 Å². The number of aryl methyl sites for hydroxylation is 1. The molecule has 128 valence electrons. The van der Waals surface area contributed by atoms with Crippen LogP contribution in [0.25, 0.3) is 0 Å². The highest BCUT2D eigenvalue weighted by Gasteiger charge is 2.22. The summed E-state index contributed by atoms with van der Waals surface area (Å²) in [6.07, 6.45) is 0. The van der Waals surface area contributed by atoms with Gasteiger partial charge in [-0.15, -0.1) is 0 Å². The lowest BCUT2D eigenvalue weighted by Gasteiger charge is -2.20. The maximum Gasteiger partial charge on any atom is 0.246 e. The molecule has 2 amide bonds. The quantitative estimate of drug-likeness (QED) is 0.791. The summed E-state index contributed by atoms with van der Waals surface area (Å²) in [6, 6.07) is 10.2. The van der Waals surface area contributed by atoms with Gasteiger partial charge in [-0.05, 0) is 19.5 Å². The molecule has 2 aromatic rings. The number of nitrogens with zero attached hydrogens (tertiary/aromatic N) is 2. The number of hydrogen-bond acceptors (Lipinski definition) is 5. The third-order valence-electron chi connectivity index (χ3n) is 3.47. The summed E-state index contributed by atoms with van der Waals surface area (Å²) < 4.78 is 5.01. The second-order valence-corrected chi connectivity index (χ2v) is 5.63. The van der Waals surface area contributed by atoms with E-state index in [0.29, 0.717) is 6.54 Å². The number of carbonyl (C=O) groups excluding carboxylic acids is 2. The van der Waals surface area contributed by atoms with Gasteiger partial charge in [-0.3, -0.25) is 14.5 Å². The minimum absolute atomic E-state index is 0.145. The van der Waals surface area contributed by atoms with E-state index in [1.165, 1.54) is 0 Å². The minimum Gasteiger partial charge on any atom is -0.361 e. The molecule has 2 N–H and O–H groups in total. The molecule has 0 aliphatic rings. The number of aromatic nitrogens is 1. The van der Waals surface area contributed by atoms with Crippen LogP contribution < -0.4 is 10.6 Å². The SMILES string of the molecule is CNC(=O)C(NC(=O)CN(C)Cc1cc(C)on1)c1ccccc1. The standard InChI is InChI=1S/C17H22N4O3/c1-12-9-14(20-24-12)10-21(3)11-15(22)19-16(17(23)18-2)13-7-5-4-6-8-13/h4-9,16H,10-11H2,1-3H3,(H,18,23)(H,19,22). The van der Waals surface area contributed by atoms with E-state index in [9.17, 15) is 9.59 Å². The fraction of sp³-hybridized carbons (Fsp3) is 0.353. The molecular formula is C17H22N4O3. The van der Waals surface area contributed by atoms with Gasteiger partial charge < -0.3 is 15.2 Å². The van der Waals surface area contributed by atoms with Crippen molar-refractivity contribution >= 4 is 11.8 Å². The van der Waals surface area contributed by atoms with Crippen molar-refractivity contribution in [3.63, 3.8) is 0 Å². The normalized spacial score (nSPS) is 12.0. The van der Waals surface area contributed by atoms with Crippen molar-refractivity contribution in [3.05, 3.63) is 53.4 Å². The molecule has 1 atom stereocenters. The van der Waals surface area contributed by atoms with Crippen molar-refractivity contribution in [1.29, 1.82) is 0 Å². The Bertz CT molecular complexity index is 684. The van der Waals surface area contributed by atoms with E-state index in [2.05, 4.69) is 15.8 Å². The molecule has 0 radical (unpaired) electrons. The number of hydrogen-bond donors (Lipinski definition) is 2. The fourth-order valence-electron chi connectivity index (χ4n) is 2.37. The molecule has 1 aromatic carbocycles. The van der Waals surface area contributed by atoms with Crippen molar-refractivity contribution in [2.24, 2.45) is 0 Å². The molecule has 0 saturated heterocycles. The molecule has 0 bridgehead atoms. The summed E-state index contributed by atoms with van der Waals surface area (Å²) in [7, 11) is 3.35. The van der Waals surface area contributed by atoms with Crippen LogP contribution in [0, 0.1) is 6.92 Å². The summed E-state index contributed by atoms with van der Waals surface area (Å²) in [5, 5.41) is 9.25. The van der Waals surface area contributed by atoms with Crippen LogP contribution in [0.4, 0.5) is 0 Å². The Morgan fingerprint density at radius 3 is 2.58 bits per heavy atom. The number of nitrogens with one attached hydrogen (secondary N) is 2. The molecule has 1 heterocycles. The zero-order chi connectivity index (χ0) is 17.5. The highest BCUT2D eigenvalue weighted by Crippen LogP contribution is 2.12. The Kier molecular flexibility index (Phi) is 6.08. The lowest BCUT2D eigenvalue weighted by atomic mass is 10.1. The minimum atomic E-state index is -0.716. The molecule has 0 spiro atoms. The van der Waals surface area contributed by atoms with Gasteiger partial charge in [0.2, 0.25) is 11.8 Å². The van der Waals surface area contributed by atoms with Crippen molar-refractivity contribution in [2.45, 2.75) is 19.5 Å². The molecule has 0 saturated carbocycles. The van der Waals surface area contributed by atoms with Crippen LogP contribution in [0.3, 0.4) is 0 Å². The topological polar surface area (TPSA) is 87.5 Å². The number of likely N-dealkylation sites (N-methyl/N-ethyl adjacent to an activating group) is 2. The number of benzene rings is 1. The predicted molar refractivity (Wildman–Crippen MR) is 89.0 cm³/mol. The Morgan fingerprint density at radius 2 is 2.00 bits per heavy atom. The summed E-state index contributed by atoms with van der Waals surface area (Å²) in [5.41, 5.74) is 1.49. The smallest absolute Gasteiger partial charge is 0.246 e. The zero-order valence-corrected chi connectivity index (χ0v) is 14.1. The van der Waals surface area contributed by atoms with Gasteiger partial charge in [0.05, 0.1) is 12.2 Å². The summed E-state index contributed by atoms with van der Waals surface area (Å²) in [5.74, 6) is 0.228. The Morgan fingerprint density at radius 1 is 1.29 bits per heavy atom. The second-order valence-electron chi connectivity index (χ2n) is 5.63. The van der Waals surface area contributed by atoms with E-state index in [-0.39, 0.29) is 18.4 Å². The first-order chi connectivity index (χ1) is 11.5. The predicted octanol–water partition coefficient (Wildman–Crippen LogP) is 1.02. The Hall–Kier alpha value is -2.67. The average Bonchev–Trinajstić information content (AvgIpc) is 2.97. The van der Waals surface area contributed by atoms with Crippen molar-refractivity contribution in [2.75, 3.05) is 20.6 Å². The summed E-state index contributed by atoms with van der Waals surface area (Å²) >= 11 is 0. The highest BCUT2D eigenvalue weighted by atomic mass is 16.5. The van der Waals surface area contributed by atoms with Gasteiger partial charge in [0.25, 0.3) is 0 Å². The third kappa shape index (κ3) is 4.92. The molecule has 7 nitrogen and oxygen atoms in total.